The number of nitrogens with one attached hydrogen (secondary N) is 1. The van der Waals surface area contributed by atoms with Crippen molar-refractivity contribution in [1.29, 1.82) is 0 Å². The quantitative estimate of drug-likeness (QED) is 0.274. The van der Waals surface area contributed by atoms with Crippen molar-refractivity contribution in [2.45, 2.75) is 25.1 Å². The van der Waals surface area contributed by atoms with E-state index in [0.717, 1.165) is 5.69 Å². The van der Waals surface area contributed by atoms with Crippen LogP contribution < -0.4 is 11.3 Å². The molecule has 0 bridgehead atoms. The van der Waals surface area contributed by atoms with Crippen LogP contribution in [0.4, 0.5) is 19.0 Å². The molecule has 0 spiro atoms. The Morgan fingerprint density at radius 3 is 2.73 bits per heavy atom. The summed E-state index contributed by atoms with van der Waals surface area (Å²) in [6, 6.07) is 10.6. The van der Waals surface area contributed by atoms with E-state index in [9.17, 15) is 18.0 Å². The van der Waals surface area contributed by atoms with Gasteiger partial charge in [-0.2, -0.15) is 17.9 Å². The number of pyridine rings is 2. The number of imidazole rings is 1. The van der Waals surface area contributed by atoms with Crippen LogP contribution in [0, 0.1) is 5.92 Å². The summed E-state index contributed by atoms with van der Waals surface area (Å²) < 4.78 is 44.3. The standard InChI is InChI=1S/C27H21ClF3N9O/c1-2-3-14-8-17-9-15(19-11-16(28)4-6-21(19)39-13-34-37-38-39)10-23(41)40(17)24(14)26-33-12-20(35-26)18-5-7-22(32)36-25(18)27(29,30)31/h2,4-7,9-14,24H,1,3,8H2,(H2,32,36)(H,33,35)/t14-,24-/m0/s1. The summed E-state index contributed by atoms with van der Waals surface area (Å²) in [4.78, 5) is 24.6. The van der Waals surface area contributed by atoms with Gasteiger partial charge in [-0.3, -0.25) is 4.79 Å². The molecule has 0 aliphatic carbocycles. The van der Waals surface area contributed by atoms with Gasteiger partial charge in [0.15, 0.2) is 5.69 Å². The molecule has 0 saturated heterocycles. The molecule has 2 atom stereocenters. The van der Waals surface area contributed by atoms with Gasteiger partial charge in [-0.1, -0.05) is 17.7 Å². The van der Waals surface area contributed by atoms with Gasteiger partial charge < -0.3 is 15.3 Å². The summed E-state index contributed by atoms with van der Waals surface area (Å²) in [6.07, 6.45) is 0.825. The minimum absolute atomic E-state index is 0.111. The second-order valence-electron chi connectivity index (χ2n) is 9.61. The Labute approximate surface area is 235 Å². The molecular formula is C27H21ClF3N9O. The summed E-state index contributed by atoms with van der Waals surface area (Å²) >= 11 is 6.30. The summed E-state index contributed by atoms with van der Waals surface area (Å²) in [5, 5.41) is 11.8. The average molecular weight is 580 g/mol. The maximum atomic E-state index is 13.7. The zero-order valence-electron chi connectivity index (χ0n) is 21.2. The van der Waals surface area contributed by atoms with Crippen molar-refractivity contribution >= 4 is 17.4 Å². The molecule has 1 aromatic carbocycles. The van der Waals surface area contributed by atoms with Crippen LogP contribution in [0.15, 0.2) is 72.4 Å². The molecular weight excluding hydrogens is 559 g/mol. The first-order chi connectivity index (χ1) is 19.6. The smallest absolute Gasteiger partial charge is 0.384 e. The van der Waals surface area contributed by atoms with E-state index < -0.39 is 17.9 Å². The number of aromatic nitrogens is 8. The van der Waals surface area contributed by atoms with Gasteiger partial charge in [0.2, 0.25) is 0 Å². The van der Waals surface area contributed by atoms with Crippen molar-refractivity contribution in [1.82, 2.24) is 39.7 Å². The molecule has 5 heterocycles. The number of nitrogens with two attached hydrogens (primary N) is 1. The topological polar surface area (TPSA) is 133 Å². The molecule has 0 amide bonds. The van der Waals surface area contributed by atoms with E-state index in [1.165, 1.54) is 35.4 Å². The lowest BCUT2D eigenvalue weighted by atomic mass is 9.94. The van der Waals surface area contributed by atoms with Gasteiger partial charge in [0, 0.05) is 27.9 Å². The van der Waals surface area contributed by atoms with Crippen molar-refractivity contribution in [3.63, 3.8) is 0 Å². The van der Waals surface area contributed by atoms with Crippen LogP contribution >= 0.6 is 11.6 Å². The molecule has 0 fully saturated rings. The number of tetrazole rings is 1. The zero-order valence-corrected chi connectivity index (χ0v) is 21.9. The Morgan fingerprint density at radius 2 is 2.00 bits per heavy atom. The van der Waals surface area contributed by atoms with E-state index in [2.05, 4.69) is 37.1 Å². The van der Waals surface area contributed by atoms with E-state index in [1.54, 1.807) is 28.8 Å². The molecule has 0 unspecified atom stereocenters. The summed E-state index contributed by atoms with van der Waals surface area (Å²) in [5.41, 5.74) is 6.66. The predicted molar refractivity (Wildman–Crippen MR) is 145 cm³/mol. The Morgan fingerprint density at radius 1 is 1.17 bits per heavy atom. The highest BCUT2D eigenvalue weighted by Crippen LogP contribution is 2.40. The van der Waals surface area contributed by atoms with E-state index in [1.807, 2.05) is 6.07 Å². The fraction of sp³-hybridized carbons (Fsp3) is 0.185. The number of nitrogens with zero attached hydrogens (tertiary/aromatic N) is 7. The molecule has 41 heavy (non-hydrogen) atoms. The fourth-order valence-electron chi connectivity index (χ4n) is 5.37. The number of fused-ring (bicyclic) bond motifs is 1. The highest BCUT2D eigenvalue weighted by Gasteiger charge is 2.38. The number of benzene rings is 1. The number of halogens is 4. The average Bonchev–Trinajstić information content (AvgIpc) is 3.68. The molecule has 3 N–H and O–H groups in total. The first-order valence-electron chi connectivity index (χ1n) is 12.4. The lowest BCUT2D eigenvalue weighted by molar-refractivity contribution is -0.140. The molecule has 10 nitrogen and oxygen atoms in total. The van der Waals surface area contributed by atoms with Crippen LogP contribution in [0.2, 0.25) is 5.02 Å². The van der Waals surface area contributed by atoms with Gasteiger partial charge in [-0.05, 0) is 71.1 Å². The largest absolute Gasteiger partial charge is 0.434 e. The van der Waals surface area contributed by atoms with Crippen LogP contribution in [0.25, 0.3) is 28.1 Å². The molecule has 4 aromatic heterocycles. The summed E-state index contributed by atoms with van der Waals surface area (Å²) in [5.74, 6) is -0.0242. The van der Waals surface area contributed by atoms with Gasteiger partial charge in [-0.15, -0.1) is 11.7 Å². The van der Waals surface area contributed by atoms with Crippen LogP contribution in [0.3, 0.4) is 0 Å². The number of anilines is 1. The number of rotatable bonds is 6. The van der Waals surface area contributed by atoms with Crippen molar-refractivity contribution in [2.24, 2.45) is 5.92 Å². The number of alkyl halides is 3. The number of nitrogen functional groups attached to an aromatic ring is 1. The zero-order chi connectivity index (χ0) is 28.9. The third-order valence-corrected chi connectivity index (χ3v) is 7.27. The van der Waals surface area contributed by atoms with Gasteiger partial charge in [0.25, 0.3) is 5.56 Å². The predicted octanol–water partition coefficient (Wildman–Crippen LogP) is 4.87. The highest BCUT2D eigenvalue weighted by atomic mass is 35.5. The highest BCUT2D eigenvalue weighted by molar-refractivity contribution is 6.31. The number of H-pyrrole nitrogens is 1. The van der Waals surface area contributed by atoms with E-state index >= 15 is 0 Å². The Kier molecular flexibility index (Phi) is 6.45. The molecule has 0 radical (unpaired) electrons. The van der Waals surface area contributed by atoms with Crippen LogP contribution in [-0.2, 0) is 12.6 Å². The van der Waals surface area contributed by atoms with Gasteiger partial charge in [0.05, 0.1) is 23.6 Å². The normalized spacial score (nSPS) is 16.6. The fourth-order valence-corrected chi connectivity index (χ4v) is 5.54. The molecule has 0 saturated carbocycles. The first-order valence-corrected chi connectivity index (χ1v) is 12.8. The molecule has 1 aliphatic heterocycles. The second kappa shape index (κ2) is 10.0. The van der Waals surface area contributed by atoms with Crippen LogP contribution in [0.1, 0.15) is 29.7 Å². The van der Waals surface area contributed by atoms with Crippen molar-refractivity contribution < 1.29 is 13.2 Å². The SMILES string of the molecule is C=CC[C@H]1Cc2cc(-c3cc(Cl)ccc3-n3cnnn3)cc(=O)n2[C@@H]1c1ncc(-c2ccc(N)nc2C(F)(F)F)[nH]1. The summed E-state index contributed by atoms with van der Waals surface area (Å²) in [6.45, 7) is 3.85. The third-order valence-electron chi connectivity index (χ3n) is 7.03. The molecule has 208 valence electrons. The van der Waals surface area contributed by atoms with Gasteiger partial charge in [0.1, 0.15) is 18.0 Å². The lowest BCUT2D eigenvalue weighted by Gasteiger charge is -2.19. The maximum Gasteiger partial charge on any atom is 0.434 e. The monoisotopic (exact) mass is 579 g/mol. The van der Waals surface area contributed by atoms with Crippen molar-refractivity contribution in [3.05, 3.63) is 100 Å². The summed E-state index contributed by atoms with van der Waals surface area (Å²) in [7, 11) is 0. The van der Waals surface area contributed by atoms with Crippen molar-refractivity contribution in [3.8, 4) is 28.1 Å². The number of hydrogen-bond donors (Lipinski definition) is 2. The Hall–Kier alpha value is -4.78. The van der Waals surface area contributed by atoms with E-state index in [0.29, 0.717) is 40.5 Å². The van der Waals surface area contributed by atoms with E-state index in [-0.39, 0.29) is 28.6 Å². The first kappa shape index (κ1) is 26.4. The number of aromatic amines is 1. The maximum absolute atomic E-state index is 13.7. The molecule has 14 heteroatoms. The third kappa shape index (κ3) is 4.78. The Balaban J connectivity index is 1.45. The van der Waals surface area contributed by atoms with Gasteiger partial charge in [-0.25, -0.2) is 9.97 Å². The minimum atomic E-state index is -4.73. The Bertz CT molecular complexity index is 1830. The van der Waals surface area contributed by atoms with Crippen LogP contribution in [0.5, 0.6) is 0 Å². The van der Waals surface area contributed by atoms with E-state index in [4.69, 9.17) is 17.3 Å². The van der Waals surface area contributed by atoms with Crippen LogP contribution in [-0.4, -0.2) is 39.7 Å². The minimum Gasteiger partial charge on any atom is -0.384 e. The molecule has 5 aromatic rings. The number of hydrogen-bond acceptors (Lipinski definition) is 7. The lowest BCUT2D eigenvalue weighted by Crippen LogP contribution is -2.26. The number of allylic oxidation sites excluding steroid dienone is 1. The van der Waals surface area contributed by atoms with Gasteiger partial charge >= 0.3 is 6.18 Å². The second-order valence-corrected chi connectivity index (χ2v) is 10.0. The van der Waals surface area contributed by atoms with Crippen molar-refractivity contribution in [2.75, 3.05) is 5.73 Å². The molecule has 1 aliphatic rings. The molecule has 6 rings (SSSR count).